The predicted molar refractivity (Wildman–Crippen MR) is 80.1 cm³/mol. The molecule has 0 heterocycles. The van der Waals surface area contributed by atoms with Crippen LogP contribution in [0.5, 0.6) is 5.75 Å². The third-order valence-corrected chi connectivity index (χ3v) is 6.67. The average Bonchev–Trinajstić information content (AvgIpc) is 2.77. The summed E-state index contributed by atoms with van der Waals surface area (Å²) >= 11 is 0. The molecule has 3 aliphatic rings. The Morgan fingerprint density at radius 3 is 2.95 bits per heavy atom. The molecule has 3 N–H and O–H groups in total. The fourth-order valence-electron chi connectivity index (χ4n) is 5.55. The highest BCUT2D eigenvalue weighted by Gasteiger charge is 2.57. The first-order valence-corrected chi connectivity index (χ1v) is 8.16. The zero-order valence-corrected chi connectivity index (χ0v) is 12.5. The van der Waals surface area contributed by atoms with Gasteiger partial charge in [-0.2, -0.15) is 0 Å². The number of benzene rings is 1. The summed E-state index contributed by atoms with van der Waals surface area (Å²) in [6, 6.07) is 6.02. The zero-order valence-electron chi connectivity index (χ0n) is 13.5. The summed E-state index contributed by atoms with van der Waals surface area (Å²) in [7, 11) is 0. The number of hydrogen-bond donors (Lipinski definition) is 3. The number of aliphatic hydroxyl groups excluding tert-OH is 2. The van der Waals surface area contributed by atoms with Crippen LogP contribution < -0.4 is 0 Å². The summed E-state index contributed by atoms with van der Waals surface area (Å²) in [6.07, 6.45) is 3.78. The summed E-state index contributed by atoms with van der Waals surface area (Å²) in [4.78, 5) is 0. The molecular formula is C18H24O3. The molecule has 6 atom stereocenters. The van der Waals surface area contributed by atoms with E-state index in [4.69, 9.17) is 1.43 Å². The standard InChI is InChI=1S/C18H24O3/c1-18-7-6-13-12-5-3-11(19)8-10(12)2-4-14(13)15(18)9-16(20)17(18)21/h3,5,8,13-17,19-21H,2,4,6-7,9H2,1H3/t13-,14-,15+,16-,17+,18+/m1/s1/i/hT. The fourth-order valence-corrected chi connectivity index (χ4v) is 5.55. The van der Waals surface area contributed by atoms with E-state index >= 15 is 0 Å². The molecule has 114 valence electrons. The monoisotopic (exact) mass is 290 g/mol. The molecule has 0 aromatic heterocycles. The van der Waals surface area contributed by atoms with Crippen LogP contribution in [0.2, 0.25) is 0 Å². The normalized spacial score (nSPS) is 45.3. The number of phenolic OH excluding ortho intramolecular Hbond substituents is 1. The van der Waals surface area contributed by atoms with Crippen molar-refractivity contribution in [3.8, 4) is 5.75 Å². The molecule has 0 amide bonds. The van der Waals surface area contributed by atoms with Gasteiger partial charge in [0.1, 0.15) is 5.75 Å². The number of rotatable bonds is 1. The molecule has 3 heteroatoms. The molecule has 21 heavy (non-hydrogen) atoms. The first kappa shape index (κ1) is 12.5. The molecule has 0 bridgehead atoms. The summed E-state index contributed by atoms with van der Waals surface area (Å²) in [5.74, 6) is 2.11. The van der Waals surface area contributed by atoms with E-state index in [9.17, 15) is 10.2 Å². The summed E-state index contributed by atoms with van der Waals surface area (Å²) in [5.41, 5.74) is 2.59. The molecule has 0 saturated heterocycles. The quantitative estimate of drug-likeness (QED) is 0.745. The van der Waals surface area contributed by atoms with Crippen LogP contribution in [0.15, 0.2) is 18.2 Å². The Balaban J connectivity index is 1.69. The zero-order chi connectivity index (χ0) is 15.5. The highest BCUT2D eigenvalue weighted by Crippen LogP contribution is 2.60. The van der Waals surface area contributed by atoms with Crippen molar-refractivity contribution >= 4 is 0 Å². The van der Waals surface area contributed by atoms with Gasteiger partial charge in [0.25, 0.3) is 1.43 Å². The van der Waals surface area contributed by atoms with Crippen molar-refractivity contribution in [3.05, 3.63) is 29.3 Å². The Kier molecular flexibility index (Phi) is 2.65. The number of hydrogen-bond acceptors (Lipinski definition) is 3. The Labute approximate surface area is 127 Å². The molecule has 1 aromatic carbocycles. The second-order valence-corrected chi connectivity index (χ2v) is 7.57. The van der Waals surface area contributed by atoms with Crippen LogP contribution in [0.3, 0.4) is 0 Å². The van der Waals surface area contributed by atoms with E-state index in [1.165, 1.54) is 11.1 Å². The topological polar surface area (TPSA) is 60.7 Å². The lowest BCUT2D eigenvalue weighted by Crippen LogP contribution is -2.44. The molecule has 1 aromatic rings. The van der Waals surface area contributed by atoms with Crippen LogP contribution in [0.1, 0.15) is 49.7 Å². The Hall–Kier alpha value is -1.06. The van der Waals surface area contributed by atoms with Gasteiger partial charge in [0.2, 0.25) is 0 Å². The van der Waals surface area contributed by atoms with E-state index < -0.39 is 12.2 Å². The lowest BCUT2D eigenvalue weighted by molar-refractivity contribution is -0.0505. The van der Waals surface area contributed by atoms with E-state index in [1.54, 1.807) is 0 Å². The van der Waals surface area contributed by atoms with Crippen molar-refractivity contribution in [1.82, 2.24) is 0 Å². The predicted octanol–water partition coefficient (Wildman–Crippen LogP) is 2.58. The van der Waals surface area contributed by atoms with Crippen LogP contribution in [-0.4, -0.2) is 29.0 Å². The third kappa shape index (κ3) is 1.80. The van der Waals surface area contributed by atoms with Gasteiger partial charge in [-0.1, -0.05) is 13.0 Å². The van der Waals surface area contributed by atoms with E-state index in [2.05, 4.69) is 18.1 Å². The van der Waals surface area contributed by atoms with Gasteiger partial charge in [0.15, 0.2) is 0 Å². The van der Waals surface area contributed by atoms with E-state index in [1.807, 2.05) is 12.1 Å². The van der Waals surface area contributed by atoms with E-state index in [0.717, 1.165) is 32.1 Å². The van der Waals surface area contributed by atoms with Crippen LogP contribution in [0, 0.1) is 17.3 Å². The Morgan fingerprint density at radius 1 is 1.29 bits per heavy atom. The molecule has 2 fully saturated rings. The minimum atomic E-state index is -0.570. The second-order valence-electron chi connectivity index (χ2n) is 7.57. The highest BCUT2D eigenvalue weighted by molar-refractivity contribution is 5.40. The van der Waals surface area contributed by atoms with Gasteiger partial charge in [0, 0.05) is 0 Å². The average molecular weight is 290 g/mol. The maximum Gasteiger partial charge on any atom is 0.293 e. The SMILES string of the molecule is [3H]Oc1ccc2c(c1)CC[C@@H]1[C@@H]2CC[C@]2(C)[C@@H](O)[C@H](O)C[C@@H]12. The fraction of sp³-hybridized carbons (Fsp3) is 0.667. The second kappa shape index (κ2) is 4.47. The maximum atomic E-state index is 10.4. The van der Waals surface area contributed by atoms with Crippen LogP contribution in [0.25, 0.3) is 0 Å². The smallest absolute Gasteiger partial charge is 0.293 e. The largest absolute Gasteiger partial charge is 0.508 e. The molecule has 0 spiro atoms. The summed E-state index contributed by atoms with van der Waals surface area (Å²) in [6.45, 7) is 2.17. The van der Waals surface area contributed by atoms with Gasteiger partial charge in [-0.05, 0) is 78.5 Å². The van der Waals surface area contributed by atoms with Crippen LogP contribution in [-0.2, 0) is 6.42 Å². The molecule has 0 aliphatic heterocycles. The molecule has 3 aliphatic carbocycles. The first-order valence-electron chi connectivity index (χ1n) is 8.57. The molecule has 3 nitrogen and oxygen atoms in total. The van der Waals surface area contributed by atoms with E-state index in [0.29, 0.717) is 23.5 Å². The van der Waals surface area contributed by atoms with Crippen molar-refractivity contribution in [2.45, 2.75) is 57.2 Å². The maximum absolute atomic E-state index is 10.4. The van der Waals surface area contributed by atoms with Gasteiger partial charge < -0.3 is 15.3 Å². The van der Waals surface area contributed by atoms with Gasteiger partial charge in [-0.15, -0.1) is 0 Å². The Bertz CT molecular complexity index is 590. The molecule has 0 radical (unpaired) electrons. The van der Waals surface area contributed by atoms with Crippen molar-refractivity contribution in [3.63, 3.8) is 0 Å². The number of aromatic hydroxyl groups is 1. The van der Waals surface area contributed by atoms with Crippen LogP contribution >= 0.6 is 0 Å². The first-order chi connectivity index (χ1) is 10.5. The molecular weight excluding hydrogens is 264 g/mol. The number of aliphatic hydroxyl groups is 2. The number of aryl methyl sites for hydroxylation is 1. The van der Waals surface area contributed by atoms with Crippen molar-refractivity contribution < 1.29 is 15.3 Å². The lowest BCUT2D eigenvalue weighted by Gasteiger charge is -2.49. The molecule has 2 saturated carbocycles. The van der Waals surface area contributed by atoms with Gasteiger partial charge in [-0.3, -0.25) is 0 Å². The van der Waals surface area contributed by atoms with Gasteiger partial charge >= 0.3 is 0 Å². The molecule has 0 unspecified atom stereocenters. The van der Waals surface area contributed by atoms with E-state index in [-0.39, 0.29) is 5.41 Å². The summed E-state index contributed by atoms with van der Waals surface area (Å²) < 4.78 is 7.05. The van der Waals surface area contributed by atoms with Crippen molar-refractivity contribution in [2.24, 2.45) is 17.3 Å². The lowest BCUT2D eigenvalue weighted by atomic mass is 9.55. The minimum Gasteiger partial charge on any atom is -0.508 e. The summed E-state index contributed by atoms with van der Waals surface area (Å²) in [5, 5.41) is 25.2. The van der Waals surface area contributed by atoms with Gasteiger partial charge in [0.05, 0.1) is 12.2 Å². The van der Waals surface area contributed by atoms with Gasteiger partial charge in [-0.25, -0.2) is 0 Å². The third-order valence-electron chi connectivity index (χ3n) is 6.67. The minimum absolute atomic E-state index is 0.123. The van der Waals surface area contributed by atoms with Crippen LogP contribution in [0.4, 0.5) is 0 Å². The Morgan fingerprint density at radius 2 is 2.14 bits per heavy atom. The van der Waals surface area contributed by atoms with Crippen molar-refractivity contribution in [2.75, 3.05) is 0 Å². The van der Waals surface area contributed by atoms with Crippen molar-refractivity contribution in [1.29, 1.82) is 1.43 Å². The molecule has 4 rings (SSSR count). The highest BCUT2D eigenvalue weighted by atomic mass is 16.3. The number of fused-ring (bicyclic) bond motifs is 5. The number of phenols is 1.